The van der Waals surface area contributed by atoms with Gasteiger partial charge in [-0.2, -0.15) is 4.31 Å². The van der Waals surface area contributed by atoms with Crippen LogP contribution in [0, 0.1) is 5.92 Å². The number of methoxy groups -OCH3 is 1. The van der Waals surface area contributed by atoms with Crippen molar-refractivity contribution < 1.29 is 17.9 Å². The highest BCUT2D eigenvalue weighted by Crippen LogP contribution is 2.38. The molecule has 0 amide bonds. The Balaban J connectivity index is 2.45. The quantitative estimate of drug-likeness (QED) is 0.445. The first kappa shape index (κ1) is 23.1. The van der Waals surface area contributed by atoms with Gasteiger partial charge >= 0.3 is 5.97 Å². The Hall–Kier alpha value is -1.22. The molecule has 1 aliphatic heterocycles. The molecule has 1 aromatic heterocycles. The van der Waals surface area contributed by atoms with Crippen molar-refractivity contribution >= 4 is 27.3 Å². The van der Waals surface area contributed by atoms with Crippen LogP contribution in [0.25, 0.3) is 0 Å². The lowest BCUT2D eigenvalue weighted by Gasteiger charge is -2.27. The summed E-state index contributed by atoms with van der Waals surface area (Å²) in [6, 6.07) is 0. The van der Waals surface area contributed by atoms with Crippen LogP contribution in [0.4, 0.5) is 0 Å². The van der Waals surface area contributed by atoms with E-state index in [9.17, 15) is 13.2 Å². The minimum Gasteiger partial charge on any atom is -0.465 e. The fourth-order valence-corrected chi connectivity index (χ4v) is 6.91. The number of fused-ring (bicyclic) bond motifs is 1. The van der Waals surface area contributed by atoms with Gasteiger partial charge in [-0.3, -0.25) is 4.90 Å². The number of carbonyl (C=O) groups is 1. The monoisotopic (exact) mass is 428 g/mol. The first-order valence-electron chi connectivity index (χ1n) is 9.71. The predicted molar refractivity (Wildman–Crippen MR) is 113 cm³/mol. The van der Waals surface area contributed by atoms with Crippen molar-refractivity contribution in [2.75, 3.05) is 33.3 Å². The summed E-state index contributed by atoms with van der Waals surface area (Å²) in [5.41, 5.74) is 1.82. The molecule has 8 heteroatoms. The third kappa shape index (κ3) is 5.03. The molecule has 0 N–H and O–H groups in total. The standard InChI is InChI=1S/C20H32N2O4S2/c1-7-22(12-15(4)5)28(24,25)20-18(19(23)26-6)16-9-11-21(10-8-14(2)3)13-17(16)27-20/h14H,4,7-13H2,1-3,5-6H3. The third-order valence-electron chi connectivity index (χ3n) is 4.89. The van der Waals surface area contributed by atoms with E-state index in [1.165, 1.54) is 22.8 Å². The fourth-order valence-electron chi connectivity index (χ4n) is 3.34. The van der Waals surface area contributed by atoms with Crippen LogP contribution in [0.2, 0.25) is 0 Å². The maximum Gasteiger partial charge on any atom is 0.340 e. The summed E-state index contributed by atoms with van der Waals surface area (Å²) in [5, 5.41) is 0. The third-order valence-corrected chi connectivity index (χ3v) is 8.52. The zero-order chi connectivity index (χ0) is 21.1. The van der Waals surface area contributed by atoms with E-state index in [1.54, 1.807) is 13.8 Å². The molecule has 0 atom stereocenters. The molecule has 28 heavy (non-hydrogen) atoms. The van der Waals surface area contributed by atoms with E-state index >= 15 is 0 Å². The van der Waals surface area contributed by atoms with Crippen LogP contribution in [-0.2, 0) is 27.7 Å². The lowest BCUT2D eigenvalue weighted by Crippen LogP contribution is -2.33. The zero-order valence-electron chi connectivity index (χ0n) is 17.6. The maximum atomic E-state index is 13.3. The molecule has 0 radical (unpaired) electrons. The van der Waals surface area contributed by atoms with Crippen molar-refractivity contribution in [3.8, 4) is 0 Å². The molecule has 2 rings (SSSR count). The SMILES string of the molecule is C=C(C)CN(CC)S(=O)(=O)c1sc2c(c1C(=O)OC)CCN(CCC(C)C)C2. The molecule has 0 saturated heterocycles. The van der Waals surface area contributed by atoms with E-state index in [0.717, 1.165) is 35.5 Å². The van der Waals surface area contributed by atoms with Crippen molar-refractivity contribution in [3.63, 3.8) is 0 Å². The highest BCUT2D eigenvalue weighted by Gasteiger charge is 2.36. The van der Waals surface area contributed by atoms with Crippen LogP contribution in [0.5, 0.6) is 0 Å². The molecule has 0 aromatic carbocycles. The molecule has 0 aliphatic carbocycles. The van der Waals surface area contributed by atoms with Crippen molar-refractivity contribution in [3.05, 3.63) is 28.2 Å². The van der Waals surface area contributed by atoms with Crippen molar-refractivity contribution in [2.24, 2.45) is 5.92 Å². The van der Waals surface area contributed by atoms with Crippen LogP contribution in [0.3, 0.4) is 0 Å². The number of ether oxygens (including phenoxy) is 1. The zero-order valence-corrected chi connectivity index (χ0v) is 19.2. The van der Waals surface area contributed by atoms with Crippen LogP contribution in [0.1, 0.15) is 54.9 Å². The number of likely N-dealkylation sites (N-methyl/N-ethyl adjacent to an activating group) is 1. The molecule has 0 fully saturated rings. The van der Waals surface area contributed by atoms with Gasteiger partial charge in [-0.1, -0.05) is 32.9 Å². The van der Waals surface area contributed by atoms with Gasteiger partial charge < -0.3 is 4.74 Å². The molecule has 6 nitrogen and oxygen atoms in total. The van der Waals surface area contributed by atoms with Gasteiger partial charge in [0.2, 0.25) is 0 Å². The summed E-state index contributed by atoms with van der Waals surface area (Å²) in [6.07, 6.45) is 1.76. The molecule has 158 valence electrons. The summed E-state index contributed by atoms with van der Waals surface area (Å²) < 4.78 is 33.1. The lowest BCUT2D eigenvalue weighted by atomic mass is 10.0. The molecule has 2 heterocycles. The average Bonchev–Trinajstić information content (AvgIpc) is 3.03. The smallest absolute Gasteiger partial charge is 0.340 e. The van der Waals surface area contributed by atoms with Gasteiger partial charge in [-0.15, -0.1) is 11.3 Å². The Morgan fingerprint density at radius 2 is 2.07 bits per heavy atom. The van der Waals surface area contributed by atoms with Gasteiger partial charge in [0, 0.05) is 31.1 Å². The molecular formula is C20H32N2O4S2. The van der Waals surface area contributed by atoms with Crippen LogP contribution < -0.4 is 0 Å². The van der Waals surface area contributed by atoms with E-state index in [1.807, 2.05) is 0 Å². The number of rotatable bonds is 9. The Morgan fingerprint density at radius 3 is 2.61 bits per heavy atom. The molecular weight excluding hydrogens is 396 g/mol. The van der Waals surface area contributed by atoms with E-state index in [-0.39, 0.29) is 16.3 Å². The second-order valence-electron chi connectivity index (χ2n) is 7.75. The maximum absolute atomic E-state index is 13.3. The number of esters is 1. The van der Waals surface area contributed by atoms with Crippen molar-refractivity contribution in [1.29, 1.82) is 0 Å². The van der Waals surface area contributed by atoms with Gasteiger partial charge in [-0.25, -0.2) is 13.2 Å². The first-order valence-corrected chi connectivity index (χ1v) is 12.0. The number of nitrogens with zero attached hydrogens (tertiary/aromatic N) is 2. The van der Waals surface area contributed by atoms with Crippen LogP contribution in [0.15, 0.2) is 16.4 Å². The Morgan fingerprint density at radius 1 is 1.39 bits per heavy atom. The lowest BCUT2D eigenvalue weighted by molar-refractivity contribution is 0.0595. The van der Waals surface area contributed by atoms with Gasteiger partial charge in [-0.05, 0) is 37.8 Å². The van der Waals surface area contributed by atoms with Gasteiger partial charge in [0.1, 0.15) is 4.21 Å². The van der Waals surface area contributed by atoms with Crippen LogP contribution in [-0.4, -0.2) is 56.9 Å². The minimum absolute atomic E-state index is 0.109. The summed E-state index contributed by atoms with van der Waals surface area (Å²) in [6.45, 7) is 14.8. The van der Waals surface area contributed by atoms with Crippen LogP contribution >= 0.6 is 11.3 Å². The highest BCUT2D eigenvalue weighted by atomic mass is 32.2. The average molecular weight is 429 g/mol. The molecule has 0 spiro atoms. The number of hydrogen-bond acceptors (Lipinski definition) is 6. The first-order chi connectivity index (χ1) is 13.1. The summed E-state index contributed by atoms with van der Waals surface area (Å²) >= 11 is 1.22. The van der Waals surface area contributed by atoms with Crippen molar-refractivity contribution in [2.45, 2.75) is 51.3 Å². The Bertz CT molecular complexity index is 828. The number of hydrogen-bond donors (Lipinski definition) is 0. The van der Waals surface area contributed by atoms with E-state index < -0.39 is 16.0 Å². The second-order valence-corrected chi connectivity index (χ2v) is 11.0. The number of sulfonamides is 1. The highest BCUT2D eigenvalue weighted by molar-refractivity contribution is 7.91. The fraction of sp³-hybridized carbons (Fsp3) is 0.650. The Labute approximate surface area is 173 Å². The number of thiophene rings is 1. The normalized spacial score (nSPS) is 15.1. The topological polar surface area (TPSA) is 66.9 Å². The second kappa shape index (κ2) is 9.52. The Kier molecular flexibility index (Phi) is 7.84. The largest absolute Gasteiger partial charge is 0.465 e. The molecule has 1 aromatic rings. The summed E-state index contributed by atoms with van der Waals surface area (Å²) in [5.74, 6) is 0.0460. The molecule has 0 bridgehead atoms. The van der Waals surface area contributed by atoms with E-state index in [0.29, 0.717) is 25.4 Å². The van der Waals surface area contributed by atoms with Crippen molar-refractivity contribution in [1.82, 2.24) is 9.21 Å². The van der Waals surface area contributed by atoms with E-state index in [2.05, 4.69) is 25.3 Å². The summed E-state index contributed by atoms with van der Waals surface area (Å²) in [7, 11) is -2.50. The summed E-state index contributed by atoms with van der Waals surface area (Å²) in [4.78, 5) is 15.8. The molecule has 0 saturated carbocycles. The predicted octanol–water partition coefficient (Wildman–Crippen LogP) is 3.53. The van der Waals surface area contributed by atoms with Gasteiger partial charge in [0.25, 0.3) is 10.0 Å². The van der Waals surface area contributed by atoms with E-state index in [4.69, 9.17) is 4.74 Å². The van der Waals surface area contributed by atoms with Gasteiger partial charge in [0.15, 0.2) is 0 Å². The minimum atomic E-state index is -3.80. The van der Waals surface area contributed by atoms with Gasteiger partial charge in [0.05, 0.1) is 12.7 Å². The number of carbonyl (C=O) groups excluding carboxylic acids is 1. The molecule has 0 unspecified atom stereocenters. The molecule has 1 aliphatic rings.